The Balaban J connectivity index is 1.84. The predicted octanol–water partition coefficient (Wildman–Crippen LogP) is 5.00. The fourth-order valence-corrected chi connectivity index (χ4v) is 4.61. The number of hydrogen-bond acceptors (Lipinski definition) is 3. The maximum atomic E-state index is 13.0. The summed E-state index contributed by atoms with van der Waals surface area (Å²) in [6.07, 6.45) is 0. The highest BCUT2D eigenvalue weighted by atomic mass is 35.5. The first-order chi connectivity index (χ1) is 14.2. The average Bonchev–Trinajstić information content (AvgIpc) is 2.70. The van der Waals surface area contributed by atoms with Gasteiger partial charge in [0.15, 0.2) is 0 Å². The van der Waals surface area contributed by atoms with E-state index < -0.39 is 10.0 Å². The zero-order chi connectivity index (χ0) is 21.9. The number of halogens is 1. The number of amides is 1. The maximum Gasteiger partial charge on any atom is 0.262 e. The first-order valence-corrected chi connectivity index (χ1v) is 11.3. The molecule has 3 aromatic rings. The lowest BCUT2D eigenvalue weighted by molar-refractivity contribution is 0.0950. The lowest BCUT2D eigenvalue weighted by atomic mass is 10.1. The molecule has 7 heteroatoms. The molecule has 0 aliphatic rings. The molecule has 0 bridgehead atoms. The molecular formula is C23H23ClN2O3S. The van der Waals surface area contributed by atoms with Crippen molar-refractivity contribution < 1.29 is 13.2 Å². The number of benzene rings is 3. The summed E-state index contributed by atoms with van der Waals surface area (Å²) >= 11 is 6.12. The quantitative estimate of drug-likeness (QED) is 0.564. The molecule has 0 saturated heterocycles. The van der Waals surface area contributed by atoms with Crippen LogP contribution in [-0.4, -0.2) is 14.3 Å². The van der Waals surface area contributed by atoms with E-state index in [2.05, 4.69) is 10.0 Å². The van der Waals surface area contributed by atoms with E-state index in [1.165, 1.54) is 6.07 Å². The van der Waals surface area contributed by atoms with E-state index >= 15 is 0 Å². The van der Waals surface area contributed by atoms with Gasteiger partial charge < -0.3 is 5.32 Å². The topological polar surface area (TPSA) is 75.3 Å². The van der Waals surface area contributed by atoms with Gasteiger partial charge in [0.25, 0.3) is 15.9 Å². The number of hydrogen-bond donors (Lipinski definition) is 2. The fourth-order valence-electron chi connectivity index (χ4n) is 3.01. The van der Waals surface area contributed by atoms with E-state index in [9.17, 15) is 13.2 Å². The van der Waals surface area contributed by atoms with Gasteiger partial charge >= 0.3 is 0 Å². The summed E-state index contributed by atoms with van der Waals surface area (Å²) in [5.74, 6) is -0.377. The zero-order valence-corrected chi connectivity index (χ0v) is 18.6. The van der Waals surface area contributed by atoms with Crippen LogP contribution in [0.15, 0.2) is 65.6 Å². The monoisotopic (exact) mass is 442 g/mol. The number of rotatable bonds is 6. The van der Waals surface area contributed by atoms with Crippen molar-refractivity contribution in [3.63, 3.8) is 0 Å². The number of aryl methyl sites for hydroxylation is 2. The van der Waals surface area contributed by atoms with E-state index in [4.69, 9.17) is 11.6 Å². The van der Waals surface area contributed by atoms with E-state index in [-0.39, 0.29) is 22.9 Å². The van der Waals surface area contributed by atoms with E-state index in [1.807, 2.05) is 38.1 Å². The second-order valence-corrected chi connectivity index (χ2v) is 9.17. The lowest BCUT2D eigenvalue weighted by Crippen LogP contribution is -2.24. The minimum Gasteiger partial charge on any atom is -0.348 e. The van der Waals surface area contributed by atoms with Crippen molar-refractivity contribution in [2.24, 2.45) is 0 Å². The van der Waals surface area contributed by atoms with Gasteiger partial charge in [-0.15, -0.1) is 0 Å². The SMILES string of the molecule is Cc1ccc(C(=O)NCc2ccccc2Cl)cc1S(=O)(=O)Nc1cccc(C)c1C. The molecule has 0 unspecified atom stereocenters. The molecule has 30 heavy (non-hydrogen) atoms. The van der Waals surface area contributed by atoms with E-state index in [0.29, 0.717) is 16.3 Å². The van der Waals surface area contributed by atoms with Crippen LogP contribution in [0.4, 0.5) is 5.69 Å². The summed E-state index contributed by atoms with van der Waals surface area (Å²) in [4.78, 5) is 12.7. The number of carbonyl (C=O) groups is 1. The second kappa shape index (κ2) is 8.90. The number of sulfonamides is 1. The zero-order valence-electron chi connectivity index (χ0n) is 17.0. The Bertz CT molecular complexity index is 1210. The molecule has 0 aliphatic heterocycles. The number of nitrogens with one attached hydrogen (secondary N) is 2. The van der Waals surface area contributed by atoms with Gasteiger partial charge in [-0.25, -0.2) is 8.42 Å². The Hall–Kier alpha value is -2.83. The van der Waals surface area contributed by atoms with Gasteiger partial charge in [0.2, 0.25) is 0 Å². The van der Waals surface area contributed by atoms with Crippen LogP contribution in [-0.2, 0) is 16.6 Å². The van der Waals surface area contributed by atoms with Crippen LogP contribution in [0.3, 0.4) is 0 Å². The third kappa shape index (κ3) is 4.83. The van der Waals surface area contributed by atoms with Crippen LogP contribution in [0, 0.1) is 20.8 Å². The third-order valence-electron chi connectivity index (χ3n) is 4.99. The molecule has 0 saturated carbocycles. The molecule has 0 aliphatic carbocycles. The highest BCUT2D eigenvalue weighted by Gasteiger charge is 2.20. The number of anilines is 1. The summed E-state index contributed by atoms with van der Waals surface area (Å²) in [6.45, 7) is 5.72. The van der Waals surface area contributed by atoms with Crippen LogP contribution < -0.4 is 10.0 Å². The van der Waals surface area contributed by atoms with Gasteiger partial charge in [-0.3, -0.25) is 9.52 Å². The van der Waals surface area contributed by atoms with Crippen molar-refractivity contribution in [3.05, 3.63) is 93.5 Å². The molecule has 5 nitrogen and oxygen atoms in total. The van der Waals surface area contributed by atoms with Gasteiger partial charge in [0.05, 0.1) is 10.6 Å². The summed E-state index contributed by atoms with van der Waals surface area (Å²) in [6, 6.07) is 17.3. The molecule has 0 atom stereocenters. The smallest absolute Gasteiger partial charge is 0.262 e. The first kappa shape index (κ1) is 21.9. The molecule has 0 aromatic heterocycles. The van der Waals surface area contributed by atoms with Crippen LogP contribution in [0.2, 0.25) is 5.02 Å². The van der Waals surface area contributed by atoms with Crippen molar-refractivity contribution in [2.75, 3.05) is 4.72 Å². The molecule has 1 amide bonds. The van der Waals surface area contributed by atoms with E-state index in [0.717, 1.165) is 16.7 Å². The molecule has 3 rings (SSSR count). The fraction of sp³-hybridized carbons (Fsp3) is 0.174. The van der Waals surface area contributed by atoms with Gasteiger partial charge in [-0.2, -0.15) is 0 Å². The minimum absolute atomic E-state index is 0.0637. The molecule has 0 fully saturated rings. The Morgan fingerprint density at radius 2 is 1.67 bits per heavy atom. The molecule has 2 N–H and O–H groups in total. The van der Waals surface area contributed by atoms with Gasteiger partial charge in [0.1, 0.15) is 0 Å². The van der Waals surface area contributed by atoms with Crippen molar-refractivity contribution in [1.29, 1.82) is 0 Å². The highest BCUT2D eigenvalue weighted by Crippen LogP contribution is 2.24. The van der Waals surface area contributed by atoms with E-state index in [1.54, 1.807) is 37.3 Å². The molecular weight excluding hydrogens is 420 g/mol. The van der Waals surface area contributed by atoms with Gasteiger partial charge in [0, 0.05) is 17.1 Å². The average molecular weight is 443 g/mol. The highest BCUT2D eigenvalue weighted by molar-refractivity contribution is 7.92. The van der Waals surface area contributed by atoms with Crippen LogP contribution in [0.1, 0.15) is 32.6 Å². The predicted molar refractivity (Wildman–Crippen MR) is 121 cm³/mol. The Morgan fingerprint density at radius 1 is 0.933 bits per heavy atom. The third-order valence-corrected chi connectivity index (χ3v) is 6.86. The minimum atomic E-state index is -3.86. The van der Waals surface area contributed by atoms with Crippen molar-refractivity contribution >= 4 is 33.2 Å². The Kier molecular flexibility index (Phi) is 6.48. The van der Waals surface area contributed by atoms with Crippen molar-refractivity contribution in [2.45, 2.75) is 32.2 Å². The molecule has 0 heterocycles. The van der Waals surface area contributed by atoms with Crippen LogP contribution in [0.25, 0.3) is 0 Å². The van der Waals surface area contributed by atoms with Crippen LogP contribution in [0.5, 0.6) is 0 Å². The normalized spacial score (nSPS) is 11.2. The summed E-state index contributed by atoms with van der Waals surface area (Å²) < 4.78 is 28.7. The Labute approximate surface area is 182 Å². The lowest BCUT2D eigenvalue weighted by Gasteiger charge is -2.14. The molecule has 0 spiro atoms. The summed E-state index contributed by atoms with van der Waals surface area (Å²) in [5.41, 5.74) is 3.95. The second-order valence-electron chi connectivity index (χ2n) is 7.11. The largest absolute Gasteiger partial charge is 0.348 e. The summed E-state index contributed by atoms with van der Waals surface area (Å²) in [5, 5.41) is 3.34. The number of carbonyl (C=O) groups excluding carboxylic acids is 1. The molecule has 156 valence electrons. The standard InChI is InChI=1S/C23H23ClN2O3S/c1-15-7-6-10-21(17(15)3)26-30(28,29)22-13-18(12-11-16(22)2)23(27)25-14-19-8-4-5-9-20(19)24/h4-13,26H,14H2,1-3H3,(H,25,27). The maximum absolute atomic E-state index is 13.0. The molecule has 3 aromatic carbocycles. The van der Waals surface area contributed by atoms with Crippen molar-refractivity contribution in [3.8, 4) is 0 Å². The summed E-state index contributed by atoms with van der Waals surface area (Å²) in [7, 11) is -3.86. The van der Waals surface area contributed by atoms with Gasteiger partial charge in [-0.1, -0.05) is 48.0 Å². The van der Waals surface area contributed by atoms with Crippen molar-refractivity contribution in [1.82, 2.24) is 5.32 Å². The Morgan fingerprint density at radius 3 is 2.40 bits per heavy atom. The van der Waals surface area contributed by atoms with Crippen LogP contribution >= 0.6 is 11.6 Å². The first-order valence-electron chi connectivity index (χ1n) is 9.40. The van der Waals surface area contributed by atoms with Gasteiger partial charge in [-0.05, 0) is 67.3 Å². The molecule has 0 radical (unpaired) electrons.